The van der Waals surface area contributed by atoms with Crippen molar-refractivity contribution in [3.05, 3.63) is 22.2 Å². The van der Waals surface area contributed by atoms with Gasteiger partial charge in [0.1, 0.15) is 29.3 Å². The van der Waals surface area contributed by atoms with Crippen LogP contribution < -0.4 is 0 Å². The summed E-state index contributed by atoms with van der Waals surface area (Å²) in [4.78, 5) is 11.5. The van der Waals surface area contributed by atoms with E-state index < -0.39 is 23.9 Å². The van der Waals surface area contributed by atoms with E-state index in [1.807, 2.05) is 0 Å². The number of rotatable bonds is 0. The molecule has 1 aliphatic rings. The topological polar surface area (TPSA) is 87.0 Å². The van der Waals surface area contributed by atoms with Crippen molar-refractivity contribution in [3.8, 4) is 11.5 Å². The van der Waals surface area contributed by atoms with Crippen LogP contribution in [0, 0.1) is 0 Å². The first-order valence-corrected chi connectivity index (χ1v) is 4.94. The van der Waals surface area contributed by atoms with Gasteiger partial charge in [0.15, 0.2) is 0 Å². The van der Waals surface area contributed by atoms with E-state index in [0.29, 0.717) is 0 Å². The van der Waals surface area contributed by atoms with Crippen LogP contribution in [-0.2, 0) is 4.74 Å². The molecular formula is C10H9ClO5. The molecule has 1 aromatic rings. The van der Waals surface area contributed by atoms with Gasteiger partial charge in [-0.15, -0.1) is 0 Å². The Morgan fingerprint density at radius 3 is 2.62 bits per heavy atom. The van der Waals surface area contributed by atoms with Gasteiger partial charge >= 0.3 is 5.97 Å². The number of hydrogen-bond acceptors (Lipinski definition) is 5. The minimum absolute atomic E-state index is 0.00270. The molecule has 1 heterocycles. The highest BCUT2D eigenvalue weighted by Gasteiger charge is 2.36. The summed E-state index contributed by atoms with van der Waals surface area (Å²) in [6, 6.07) is 0.936. The van der Waals surface area contributed by atoms with Gasteiger partial charge in [-0.1, -0.05) is 11.6 Å². The van der Waals surface area contributed by atoms with E-state index >= 15 is 0 Å². The van der Waals surface area contributed by atoms with Gasteiger partial charge in [-0.05, 0) is 6.92 Å². The molecule has 0 saturated carbocycles. The number of aliphatic hydroxyl groups is 1. The molecule has 16 heavy (non-hydrogen) atoms. The molecule has 6 heteroatoms. The molecule has 0 fully saturated rings. The van der Waals surface area contributed by atoms with Crippen molar-refractivity contribution >= 4 is 17.6 Å². The lowest BCUT2D eigenvalue weighted by molar-refractivity contribution is -0.0217. The molecule has 2 atom stereocenters. The average Bonchev–Trinajstić information content (AvgIpc) is 2.20. The van der Waals surface area contributed by atoms with Gasteiger partial charge in [0.2, 0.25) is 0 Å². The number of fused-ring (bicyclic) bond motifs is 1. The SMILES string of the molecule is C[C@H]1OC(=O)c2c(O)cc(O)c(Cl)c2[C@H]1O. The fraction of sp³-hybridized carbons (Fsp3) is 0.300. The lowest BCUT2D eigenvalue weighted by atomic mass is 9.95. The number of phenols is 2. The number of phenolic OH excluding ortho intramolecular Hbond substituents is 2. The molecule has 86 valence electrons. The Kier molecular flexibility index (Phi) is 2.44. The Bertz CT molecular complexity index is 471. The van der Waals surface area contributed by atoms with Crippen LogP contribution in [-0.4, -0.2) is 27.4 Å². The standard InChI is InChI=1S/C10H9ClO5/c1-3-9(14)7-6(10(15)16-3)4(12)2-5(13)8(7)11/h2-3,9,12-14H,1H3/t3-,9+/m1/s1. The van der Waals surface area contributed by atoms with Crippen LogP contribution in [0.1, 0.15) is 28.9 Å². The Hall–Kier alpha value is -1.46. The second-order valence-corrected chi connectivity index (χ2v) is 3.95. The highest BCUT2D eigenvalue weighted by atomic mass is 35.5. The Balaban J connectivity index is 2.76. The summed E-state index contributed by atoms with van der Waals surface area (Å²) in [7, 11) is 0. The molecule has 0 spiro atoms. The van der Waals surface area contributed by atoms with Crippen molar-refractivity contribution in [3.63, 3.8) is 0 Å². The molecule has 0 aliphatic carbocycles. The summed E-state index contributed by atoms with van der Waals surface area (Å²) in [6.45, 7) is 1.49. The number of benzene rings is 1. The van der Waals surface area contributed by atoms with Crippen LogP contribution in [0.3, 0.4) is 0 Å². The molecule has 0 unspecified atom stereocenters. The minimum Gasteiger partial charge on any atom is -0.507 e. The lowest BCUT2D eigenvalue weighted by Gasteiger charge is -2.28. The fourth-order valence-electron chi connectivity index (χ4n) is 1.67. The summed E-state index contributed by atoms with van der Waals surface area (Å²) in [5.41, 5.74) is -0.198. The molecule has 0 radical (unpaired) electrons. The maximum absolute atomic E-state index is 11.5. The Morgan fingerprint density at radius 1 is 1.38 bits per heavy atom. The van der Waals surface area contributed by atoms with Crippen molar-refractivity contribution < 1.29 is 24.9 Å². The van der Waals surface area contributed by atoms with Crippen LogP contribution in [0.2, 0.25) is 5.02 Å². The molecule has 3 N–H and O–H groups in total. The lowest BCUT2D eigenvalue weighted by Crippen LogP contribution is -2.30. The van der Waals surface area contributed by atoms with Gasteiger partial charge < -0.3 is 20.1 Å². The van der Waals surface area contributed by atoms with E-state index in [1.54, 1.807) is 0 Å². The number of esters is 1. The number of carbonyl (C=O) groups excluding carboxylic acids is 1. The van der Waals surface area contributed by atoms with Crippen molar-refractivity contribution in [1.82, 2.24) is 0 Å². The van der Waals surface area contributed by atoms with Gasteiger partial charge in [0.25, 0.3) is 0 Å². The zero-order valence-electron chi connectivity index (χ0n) is 8.27. The van der Waals surface area contributed by atoms with Crippen molar-refractivity contribution in [2.45, 2.75) is 19.1 Å². The number of ether oxygens (including phenoxy) is 1. The van der Waals surface area contributed by atoms with Crippen molar-refractivity contribution in [1.29, 1.82) is 0 Å². The van der Waals surface area contributed by atoms with Crippen LogP contribution in [0.4, 0.5) is 0 Å². The highest BCUT2D eigenvalue weighted by molar-refractivity contribution is 6.33. The molecule has 1 aliphatic heterocycles. The number of carbonyl (C=O) groups is 1. The van der Waals surface area contributed by atoms with Crippen LogP contribution >= 0.6 is 11.6 Å². The van der Waals surface area contributed by atoms with Crippen LogP contribution in [0.15, 0.2) is 6.07 Å². The molecule has 2 rings (SSSR count). The number of halogens is 1. The first-order valence-electron chi connectivity index (χ1n) is 4.57. The molecular weight excluding hydrogens is 236 g/mol. The number of cyclic esters (lactones) is 1. The van der Waals surface area contributed by atoms with E-state index in [4.69, 9.17) is 16.3 Å². The summed E-state index contributed by atoms with van der Waals surface area (Å²) in [6.07, 6.45) is -1.95. The smallest absolute Gasteiger partial charge is 0.342 e. The maximum Gasteiger partial charge on any atom is 0.342 e. The van der Waals surface area contributed by atoms with Crippen molar-refractivity contribution in [2.24, 2.45) is 0 Å². The number of aliphatic hydroxyl groups excluding tert-OH is 1. The first kappa shape index (κ1) is 11.0. The van der Waals surface area contributed by atoms with Gasteiger partial charge in [-0.25, -0.2) is 4.79 Å². The van der Waals surface area contributed by atoms with Crippen LogP contribution in [0.25, 0.3) is 0 Å². The third kappa shape index (κ3) is 1.40. The fourth-order valence-corrected chi connectivity index (χ4v) is 1.93. The predicted molar refractivity (Wildman–Crippen MR) is 54.6 cm³/mol. The average molecular weight is 245 g/mol. The van der Waals surface area contributed by atoms with Gasteiger partial charge in [0.05, 0.1) is 5.02 Å². The number of aromatic hydroxyl groups is 2. The quantitative estimate of drug-likeness (QED) is 0.600. The largest absolute Gasteiger partial charge is 0.507 e. The Morgan fingerprint density at radius 2 is 2.00 bits per heavy atom. The van der Waals surface area contributed by atoms with Gasteiger partial charge in [-0.2, -0.15) is 0 Å². The van der Waals surface area contributed by atoms with E-state index in [9.17, 15) is 20.1 Å². The minimum atomic E-state index is -1.17. The van der Waals surface area contributed by atoms with E-state index in [1.165, 1.54) is 6.92 Å². The second kappa shape index (κ2) is 3.54. The van der Waals surface area contributed by atoms with Crippen LogP contribution in [0.5, 0.6) is 11.5 Å². The third-order valence-corrected chi connectivity index (χ3v) is 2.89. The van der Waals surface area contributed by atoms with E-state index in [0.717, 1.165) is 6.07 Å². The van der Waals surface area contributed by atoms with Gasteiger partial charge in [-0.3, -0.25) is 0 Å². The van der Waals surface area contributed by atoms with E-state index in [2.05, 4.69) is 0 Å². The zero-order valence-corrected chi connectivity index (χ0v) is 9.02. The maximum atomic E-state index is 11.5. The highest BCUT2D eigenvalue weighted by Crippen LogP contribution is 2.43. The third-order valence-electron chi connectivity index (χ3n) is 2.50. The van der Waals surface area contributed by atoms with Gasteiger partial charge in [0, 0.05) is 11.6 Å². The monoisotopic (exact) mass is 244 g/mol. The molecule has 0 saturated heterocycles. The zero-order chi connectivity index (χ0) is 12.0. The van der Waals surface area contributed by atoms with Crippen molar-refractivity contribution in [2.75, 3.05) is 0 Å². The molecule has 0 aromatic heterocycles. The number of hydrogen-bond donors (Lipinski definition) is 3. The molecule has 0 bridgehead atoms. The molecule has 5 nitrogen and oxygen atoms in total. The molecule has 1 aromatic carbocycles. The Labute approximate surface area is 95.8 Å². The summed E-state index contributed by atoms with van der Waals surface area (Å²) in [5.74, 6) is -1.63. The summed E-state index contributed by atoms with van der Waals surface area (Å²) >= 11 is 5.78. The first-order chi connectivity index (χ1) is 7.43. The van der Waals surface area contributed by atoms with E-state index in [-0.39, 0.29) is 21.9 Å². The predicted octanol–water partition coefficient (Wildman–Crippen LogP) is 1.34. The second-order valence-electron chi connectivity index (χ2n) is 3.57. The summed E-state index contributed by atoms with van der Waals surface area (Å²) in [5, 5.41) is 28.5. The normalized spacial score (nSPS) is 23.8. The molecule has 0 amide bonds. The summed E-state index contributed by atoms with van der Waals surface area (Å²) < 4.78 is 4.81.